The van der Waals surface area contributed by atoms with Crippen LogP contribution in [0.2, 0.25) is 0 Å². The van der Waals surface area contributed by atoms with E-state index in [4.69, 9.17) is 4.74 Å². The third kappa shape index (κ3) is 2.54. The molecule has 1 fully saturated rings. The summed E-state index contributed by atoms with van der Waals surface area (Å²) in [6, 6.07) is 7.79. The lowest BCUT2D eigenvalue weighted by atomic mass is 10.1. The van der Waals surface area contributed by atoms with Gasteiger partial charge in [0, 0.05) is 23.8 Å². The lowest BCUT2D eigenvalue weighted by molar-refractivity contribution is -0.0103. The number of carbonyl (C=O) groups is 1. The number of hydrogen-bond donors (Lipinski definition) is 1. The SMILES string of the molecule is CC(=O)c1ccccc1N1CC(CO)OCC1C. The van der Waals surface area contributed by atoms with Crippen LogP contribution in [0, 0.1) is 0 Å². The van der Waals surface area contributed by atoms with Crippen LogP contribution in [0.3, 0.4) is 0 Å². The van der Waals surface area contributed by atoms with Crippen LogP contribution >= 0.6 is 0 Å². The van der Waals surface area contributed by atoms with Crippen molar-refractivity contribution < 1.29 is 14.6 Å². The molecule has 98 valence electrons. The van der Waals surface area contributed by atoms with Crippen molar-refractivity contribution in [3.05, 3.63) is 29.8 Å². The largest absolute Gasteiger partial charge is 0.394 e. The maximum atomic E-state index is 11.7. The Hall–Kier alpha value is -1.39. The van der Waals surface area contributed by atoms with Crippen LogP contribution in [0.4, 0.5) is 5.69 Å². The van der Waals surface area contributed by atoms with Gasteiger partial charge in [0.05, 0.1) is 19.3 Å². The van der Waals surface area contributed by atoms with Crippen molar-refractivity contribution in [1.29, 1.82) is 0 Å². The molecule has 0 bridgehead atoms. The van der Waals surface area contributed by atoms with E-state index in [1.165, 1.54) is 0 Å². The number of para-hydroxylation sites is 1. The minimum Gasteiger partial charge on any atom is -0.394 e. The van der Waals surface area contributed by atoms with Crippen LogP contribution in [0.15, 0.2) is 24.3 Å². The fourth-order valence-electron chi connectivity index (χ4n) is 2.29. The molecule has 2 rings (SSSR count). The Bertz CT molecular complexity index is 433. The van der Waals surface area contributed by atoms with Gasteiger partial charge in [-0.2, -0.15) is 0 Å². The first-order valence-electron chi connectivity index (χ1n) is 6.22. The Morgan fingerprint density at radius 3 is 2.89 bits per heavy atom. The molecule has 2 atom stereocenters. The zero-order valence-corrected chi connectivity index (χ0v) is 10.8. The molecule has 18 heavy (non-hydrogen) atoms. The number of ketones is 1. The zero-order valence-electron chi connectivity index (χ0n) is 10.8. The molecule has 0 spiro atoms. The van der Waals surface area contributed by atoms with Gasteiger partial charge in [0.1, 0.15) is 0 Å². The molecule has 0 aliphatic carbocycles. The molecule has 1 aromatic carbocycles. The van der Waals surface area contributed by atoms with E-state index in [1.54, 1.807) is 6.92 Å². The highest BCUT2D eigenvalue weighted by Crippen LogP contribution is 2.26. The molecule has 0 aromatic heterocycles. The van der Waals surface area contributed by atoms with E-state index in [1.807, 2.05) is 24.3 Å². The standard InChI is InChI=1S/C14H19NO3/c1-10-9-18-12(8-16)7-15(10)14-6-4-3-5-13(14)11(2)17/h3-6,10,12,16H,7-9H2,1-2H3. The van der Waals surface area contributed by atoms with Crippen molar-refractivity contribution in [2.75, 3.05) is 24.7 Å². The van der Waals surface area contributed by atoms with Crippen molar-refractivity contribution in [2.45, 2.75) is 26.0 Å². The average molecular weight is 249 g/mol. The molecule has 4 heteroatoms. The highest BCUT2D eigenvalue weighted by atomic mass is 16.5. The van der Waals surface area contributed by atoms with Crippen LogP contribution in [0.25, 0.3) is 0 Å². The second kappa shape index (κ2) is 5.50. The minimum absolute atomic E-state index is 0.00542. The lowest BCUT2D eigenvalue weighted by Crippen LogP contribution is -2.50. The van der Waals surface area contributed by atoms with E-state index in [2.05, 4.69) is 11.8 Å². The summed E-state index contributed by atoms with van der Waals surface area (Å²) in [5.41, 5.74) is 1.65. The zero-order chi connectivity index (χ0) is 13.1. The summed E-state index contributed by atoms with van der Waals surface area (Å²) >= 11 is 0. The summed E-state index contributed by atoms with van der Waals surface area (Å²) in [7, 11) is 0. The van der Waals surface area contributed by atoms with Gasteiger partial charge in [-0.05, 0) is 26.0 Å². The van der Waals surface area contributed by atoms with E-state index in [9.17, 15) is 9.90 Å². The van der Waals surface area contributed by atoms with Crippen molar-refractivity contribution in [2.24, 2.45) is 0 Å². The number of nitrogens with zero attached hydrogens (tertiary/aromatic N) is 1. The molecule has 4 nitrogen and oxygen atoms in total. The first kappa shape index (κ1) is 13.1. The molecule has 1 aliphatic heterocycles. The number of carbonyl (C=O) groups excluding carboxylic acids is 1. The predicted octanol–water partition coefficient (Wildman–Crippen LogP) is 1.48. The van der Waals surface area contributed by atoms with Crippen molar-refractivity contribution in [1.82, 2.24) is 0 Å². The summed E-state index contributed by atoms with van der Waals surface area (Å²) in [6.07, 6.45) is -0.179. The lowest BCUT2D eigenvalue weighted by Gasteiger charge is -2.39. The maximum Gasteiger partial charge on any atom is 0.161 e. The van der Waals surface area contributed by atoms with Crippen molar-refractivity contribution >= 4 is 11.5 Å². The van der Waals surface area contributed by atoms with Gasteiger partial charge in [-0.25, -0.2) is 0 Å². The number of benzene rings is 1. The Kier molecular flexibility index (Phi) is 3.99. The van der Waals surface area contributed by atoms with E-state index < -0.39 is 0 Å². The third-order valence-electron chi connectivity index (χ3n) is 3.30. The van der Waals surface area contributed by atoms with Gasteiger partial charge in [0.25, 0.3) is 0 Å². The normalized spacial score (nSPS) is 24.1. The predicted molar refractivity (Wildman–Crippen MR) is 70.1 cm³/mol. The second-order valence-corrected chi connectivity index (χ2v) is 4.71. The molecule has 0 amide bonds. The van der Waals surface area contributed by atoms with E-state index in [0.717, 1.165) is 11.3 Å². The van der Waals surface area contributed by atoms with E-state index in [0.29, 0.717) is 13.2 Å². The monoisotopic (exact) mass is 249 g/mol. The van der Waals surface area contributed by atoms with Crippen molar-refractivity contribution in [3.8, 4) is 0 Å². The Balaban J connectivity index is 2.31. The Labute approximate surface area is 107 Å². The summed E-state index contributed by atoms with van der Waals surface area (Å²) in [4.78, 5) is 13.8. The first-order valence-corrected chi connectivity index (χ1v) is 6.22. The number of aliphatic hydroxyl groups excluding tert-OH is 1. The van der Waals surface area contributed by atoms with Gasteiger partial charge in [-0.1, -0.05) is 12.1 Å². The molecule has 1 heterocycles. The number of aliphatic hydroxyl groups is 1. The van der Waals surface area contributed by atoms with Crippen LogP contribution in [0.1, 0.15) is 24.2 Å². The first-order chi connectivity index (χ1) is 8.63. The highest BCUT2D eigenvalue weighted by molar-refractivity contribution is 5.99. The van der Waals surface area contributed by atoms with Gasteiger partial charge in [0.2, 0.25) is 0 Å². The fourth-order valence-corrected chi connectivity index (χ4v) is 2.29. The molecule has 0 saturated carbocycles. The smallest absolute Gasteiger partial charge is 0.161 e. The number of hydrogen-bond acceptors (Lipinski definition) is 4. The summed E-state index contributed by atoms with van der Waals surface area (Å²) in [5.74, 6) is 0.0600. The minimum atomic E-state index is -0.179. The van der Waals surface area contributed by atoms with Crippen LogP contribution in [-0.2, 0) is 4.74 Å². The molecule has 1 saturated heterocycles. The quantitative estimate of drug-likeness (QED) is 0.824. The van der Waals surface area contributed by atoms with E-state index in [-0.39, 0.29) is 24.5 Å². The van der Waals surface area contributed by atoms with E-state index >= 15 is 0 Å². The molecular formula is C14H19NO3. The molecule has 2 unspecified atom stereocenters. The molecular weight excluding hydrogens is 230 g/mol. The number of anilines is 1. The summed E-state index contributed by atoms with van der Waals surface area (Å²) in [6.45, 7) is 4.82. The van der Waals surface area contributed by atoms with Crippen LogP contribution < -0.4 is 4.90 Å². The molecule has 1 aromatic rings. The van der Waals surface area contributed by atoms with Crippen LogP contribution in [-0.4, -0.2) is 42.8 Å². The number of Topliss-reactive ketones (excluding diaryl/α,β-unsaturated/α-hetero) is 1. The summed E-state index contributed by atoms with van der Waals surface area (Å²) < 4.78 is 5.51. The molecule has 0 radical (unpaired) electrons. The molecule has 1 aliphatic rings. The number of rotatable bonds is 3. The number of morpholine rings is 1. The van der Waals surface area contributed by atoms with Gasteiger partial charge >= 0.3 is 0 Å². The van der Waals surface area contributed by atoms with Gasteiger partial charge in [-0.15, -0.1) is 0 Å². The average Bonchev–Trinajstić information content (AvgIpc) is 2.39. The second-order valence-electron chi connectivity index (χ2n) is 4.71. The van der Waals surface area contributed by atoms with Gasteiger partial charge < -0.3 is 14.7 Å². The topological polar surface area (TPSA) is 49.8 Å². The van der Waals surface area contributed by atoms with Crippen LogP contribution in [0.5, 0.6) is 0 Å². The van der Waals surface area contributed by atoms with Gasteiger partial charge in [-0.3, -0.25) is 4.79 Å². The van der Waals surface area contributed by atoms with Crippen molar-refractivity contribution in [3.63, 3.8) is 0 Å². The Morgan fingerprint density at radius 2 is 2.22 bits per heavy atom. The maximum absolute atomic E-state index is 11.7. The number of ether oxygens (including phenoxy) is 1. The summed E-state index contributed by atoms with van der Waals surface area (Å²) in [5, 5.41) is 9.20. The highest BCUT2D eigenvalue weighted by Gasteiger charge is 2.27. The Morgan fingerprint density at radius 1 is 1.50 bits per heavy atom. The fraction of sp³-hybridized carbons (Fsp3) is 0.500. The van der Waals surface area contributed by atoms with Gasteiger partial charge in [0.15, 0.2) is 5.78 Å². The molecule has 1 N–H and O–H groups in total. The third-order valence-corrected chi connectivity index (χ3v) is 3.30.